The second kappa shape index (κ2) is 3.39. The van der Waals surface area contributed by atoms with Crippen molar-refractivity contribution in [3.63, 3.8) is 0 Å². The molecule has 0 aromatic carbocycles. The first-order valence-electron chi connectivity index (χ1n) is 4.73. The molecule has 90 valence electrons. The van der Waals surface area contributed by atoms with Gasteiger partial charge in [-0.1, -0.05) is 11.1 Å². The van der Waals surface area contributed by atoms with Crippen LogP contribution in [0.2, 0.25) is 0 Å². The molecule has 2 rings (SSSR count). The zero-order valence-electron chi connectivity index (χ0n) is 8.75. The van der Waals surface area contributed by atoms with Crippen LogP contribution in [0.25, 0.3) is 0 Å². The molecule has 6 heteroatoms. The maximum atomic E-state index is 14.2. The summed E-state index contributed by atoms with van der Waals surface area (Å²) in [7, 11) is 0. The molecular formula is C10H12F2S4. The molecule has 0 aromatic heterocycles. The number of fused-ring (bicyclic) bond motifs is 1. The molecule has 0 heterocycles. The smallest absolute Gasteiger partial charge is 0.201 e. The number of rotatable bonds is 0. The molecule has 2 aliphatic carbocycles. The molecule has 0 aliphatic heterocycles. The van der Waals surface area contributed by atoms with E-state index in [4.69, 9.17) is 0 Å². The van der Waals surface area contributed by atoms with Gasteiger partial charge in [0.1, 0.15) is 8.16 Å². The minimum atomic E-state index is -3.22. The summed E-state index contributed by atoms with van der Waals surface area (Å²) in [5.41, 5.74) is 2.74. The average molecular weight is 298 g/mol. The van der Waals surface area contributed by atoms with Gasteiger partial charge in [0.05, 0.1) is 0 Å². The van der Waals surface area contributed by atoms with Crippen LogP contribution < -0.4 is 0 Å². The lowest BCUT2D eigenvalue weighted by Gasteiger charge is -2.32. The topological polar surface area (TPSA) is 0 Å². The van der Waals surface area contributed by atoms with Crippen LogP contribution in [0.3, 0.4) is 0 Å². The summed E-state index contributed by atoms with van der Waals surface area (Å²) in [4.78, 5) is 0. The first-order valence-corrected chi connectivity index (χ1v) is 6.52. The van der Waals surface area contributed by atoms with Crippen molar-refractivity contribution in [2.75, 3.05) is 0 Å². The van der Waals surface area contributed by atoms with Crippen LogP contribution in [-0.4, -0.2) is 14.1 Å². The third kappa shape index (κ3) is 1.27. The number of hydrogen-bond donors (Lipinski definition) is 4. The Balaban J connectivity index is 2.79. The second-order valence-corrected chi connectivity index (χ2v) is 7.80. The molecule has 0 nitrogen and oxygen atoms in total. The number of thiol groups is 4. The molecule has 0 N–H and O–H groups in total. The van der Waals surface area contributed by atoms with E-state index in [1.165, 1.54) is 0 Å². The fourth-order valence-corrected chi connectivity index (χ4v) is 4.74. The van der Waals surface area contributed by atoms with Gasteiger partial charge in [0, 0.05) is 0 Å². The van der Waals surface area contributed by atoms with Crippen LogP contribution in [0.5, 0.6) is 0 Å². The Morgan fingerprint density at radius 2 is 1.19 bits per heavy atom. The van der Waals surface area contributed by atoms with Gasteiger partial charge in [0.2, 0.25) is 0 Å². The lowest BCUT2D eigenvalue weighted by molar-refractivity contribution is 0.0115. The minimum Gasteiger partial charge on any atom is -0.201 e. The van der Waals surface area contributed by atoms with Gasteiger partial charge in [-0.2, -0.15) is 50.5 Å². The lowest BCUT2D eigenvalue weighted by atomic mass is 10.1. The quantitative estimate of drug-likeness (QED) is 0.380. The Kier molecular flexibility index (Phi) is 2.80. The maximum Gasteiger partial charge on any atom is 0.302 e. The SMILES string of the molecule is CC1=C2C(=C(C)C1)C(S)(S)C(F)(F)C2(S)S. The van der Waals surface area contributed by atoms with E-state index in [0.717, 1.165) is 11.1 Å². The predicted molar refractivity (Wildman–Crippen MR) is 76.4 cm³/mol. The van der Waals surface area contributed by atoms with Crippen LogP contribution in [0.1, 0.15) is 20.3 Å². The molecule has 0 aromatic rings. The third-order valence-electron chi connectivity index (χ3n) is 3.21. The Bertz CT molecular complexity index is 394. The van der Waals surface area contributed by atoms with E-state index in [1.54, 1.807) is 0 Å². The highest BCUT2D eigenvalue weighted by atomic mass is 32.2. The van der Waals surface area contributed by atoms with Gasteiger partial charge in [0.25, 0.3) is 0 Å². The van der Waals surface area contributed by atoms with Crippen LogP contribution >= 0.6 is 50.5 Å². The Hall–Kier alpha value is 0.740. The highest BCUT2D eigenvalue weighted by molar-refractivity contribution is 8.03. The van der Waals surface area contributed by atoms with Crippen molar-refractivity contribution in [3.8, 4) is 0 Å². The summed E-state index contributed by atoms with van der Waals surface area (Å²) >= 11 is 16.2. The van der Waals surface area contributed by atoms with E-state index in [1.807, 2.05) is 13.8 Å². The molecular weight excluding hydrogens is 286 g/mol. The van der Waals surface area contributed by atoms with Gasteiger partial charge < -0.3 is 0 Å². The fourth-order valence-electron chi connectivity index (χ4n) is 2.50. The zero-order valence-corrected chi connectivity index (χ0v) is 12.3. The summed E-state index contributed by atoms with van der Waals surface area (Å²) in [6, 6.07) is 0. The fraction of sp³-hybridized carbons (Fsp3) is 0.600. The summed E-state index contributed by atoms with van der Waals surface area (Å²) in [6.45, 7) is 3.65. The van der Waals surface area contributed by atoms with Crippen LogP contribution in [0.4, 0.5) is 8.78 Å². The molecule has 0 atom stereocenters. The lowest BCUT2D eigenvalue weighted by Crippen LogP contribution is -2.45. The van der Waals surface area contributed by atoms with Gasteiger partial charge >= 0.3 is 5.92 Å². The summed E-state index contributed by atoms with van der Waals surface area (Å²) in [5.74, 6) is -3.22. The largest absolute Gasteiger partial charge is 0.302 e. The van der Waals surface area contributed by atoms with Gasteiger partial charge in [-0.15, -0.1) is 0 Å². The standard InChI is InChI=1S/C10H12F2S4/c1-4-3-5(2)7-6(4)8(13,14)10(11,12)9(7,15)16/h13-16H,3H2,1-2H3. The van der Waals surface area contributed by atoms with Crippen molar-refractivity contribution in [2.24, 2.45) is 0 Å². The van der Waals surface area contributed by atoms with E-state index < -0.39 is 14.1 Å². The number of allylic oxidation sites excluding steroid dienone is 2. The molecule has 0 spiro atoms. The molecule has 1 fully saturated rings. The maximum absolute atomic E-state index is 14.2. The predicted octanol–water partition coefficient (Wildman–Crippen LogP) is 3.78. The molecule has 16 heavy (non-hydrogen) atoms. The number of alkyl halides is 2. The molecule has 0 unspecified atom stereocenters. The van der Waals surface area contributed by atoms with Crippen molar-refractivity contribution < 1.29 is 8.78 Å². The molecule has 1 saturated carbocycles. The number of halogens is 2. The summed E-state index contributed by atoms with van der Waals surface area (Å²) < 4.78 is 24.8. The second-order valence-electron chi connectivity index (χ2n) is 4.41. The number of hydrogen-bond acceptors (Lipinski definition) is 4. The van der Waals surface area contributed by atoms with Crippen LogP contribution in [0, 0.1) is 0 Å². The molecule has 0 bridgehead atoms. The summed E-state index contributed by atoms with van der Waals surface area (Å²) in [5, 5.41) is 0. The molecule has 0 radical (unpaired) electrons. The van der Waals surface area contributed by atoms with Crippen molar-refractivity contribution in [3.05, 3.63) is 22.3 Å². The van der Waals surface area contributed by atoms with Crippen molar-refractivity contribution in [1.29, 1.82) is 0 Å². The summed E-state index contributed by atoms with van der Waals surface area (Å²) in [6.07, 6.45) is 0.673. The first kappa shape index (κ1) is 13.2. The van der Waals surface area contributed by atoms with Crippen molar-refractivity contribution in [2.45, 2.75) is 34.3 Å². The third-order valence-corrected chi connectivity index (χ3v) is 5.22. The van der Waals surface area contributed by atoms with Crippen molar-refractivity contribution >= 4 is 50.5 Å². The average Bonchev–Trinajstić information content (AvgIpc) is 2.44. The zero-order chi connectivity index (χ0) is 12.5. The molecule has 0 amide bonds. The van der Waals surface area contributed by atoms with Gasteiger partial charge in [0.15, 0.2) is 0 Å². The van der Waals surface area contributed by atoms with Gasteiger partial charge in [-0.25, -0.2) is 8.78 Å². The van der Waals surface area contributed by atoms with Gasteiger partial charge in [-0.3, -0.25) is 0 Å². The Morgan fingerprint density at radius 1 is 0.875 bits per heavy atom. The minimum absolute atomic E-state index is 0.492. The molecule has 0 saturated heterocycles. The van der Waals surface area contributed by atoms with E-state index in [9.17, 15) is 8.78 Å². The first-order chi connectivity index (χ1) is 7.05. The Labute approximate surface area is 116 Å². The van der Waals surface area contributed by atoms with E-state index in [-0.39, 0.29) is 0 Å². The molecule has 2 aliphatic rings. The van der Waals surface area contributed by atoms with Crippen LogP contribution in [0.15, 0.2) is 22.3 Å². The van der Waals surface area contributed by atoms with Gasteiger partial charge in [-0.05, 0) is 31.4 Å². The normalized spacial score (nSPS) is 30.0. The van der Waals surface area contributed by atoms with E-state index in [2.05, 4.69) is 50.5 Å². The van der Waals surface area contributed by atoms with Crippen molar-refractivity contribution in [1.82, 2.24) is 0 Å². The van der Waals surface area contributed by atoms with Crippen LogP contribution in [-0.2, 0) is 0 Å². The monoisotopic (exact) mass is 298 g/mol. The van der Waals surface area contributed by atoms with E-state index in [0.29, 0.717) is 17.6 Å². The highest BCUT2D eigenvalue weighted by Crippen LogP contribution is 2.68. The van der Waals surface area contributed by atoms with E-state index >= 15 is 0 Å². The highest BCUT2D eigenvalue weighted by Gasteiger charge is 2.72. The Morgan fingerprint density at radius 3 is 1.50 bits per heavy atom.